The third-order valence-electron chi connectivity index (χ3n) is 9.41. The predicted octanol–water partition coefficient (Wildman–Crippen LogP) is 6.76. The first-order valence-corrected chi connectivity index (χ1v) is 13.9. The highest BCUT2D eigenvalue weighted by molar-refractivity contribution is 6.02. The van der Waals surface area contributed by atoms with Crippen molar-refractivity contribution < 1.29 is 13.6 Å². The zero-order chi connectivity index (χ0) is 26.5. The van der Waals surface area contributed by atoms with Gasteiger partial charge in [-0.3, -0.25) is 0 Å². The molecule has 1 aliphatic rings. The molecule has 2 aromatic carbocycles. The molecule has 4 nitrogen and oxygen atoms in total. The molecule has 192 valence electrons. The van der Waals surface area contributed by atoms with E-state index in [1.807, 2.05) is 24.3 Å². The lowest BCUT2D eigenvalue weighted by molar-refractivity contribution is -0.758. The number of nitrogens with zero attached hydrogens (tertiary/aromatic N) is 2. The maximum atomic E-state index is 13.0. The minimum atomic E-state index is -0.258. The van der Waals surface area contributed by atoms with Crippen LogP contribution in [0, 0.1) is 6.92 Å². The number of aromatic nitrogens is 2. The van der Waals surface area contributed by atoms with Crippen molar-refractivity contribution in [3.8, 4) is 11.3 Å². The Morgan fingerprint density at radius 1 is 0.868 bits per heavy atom. The molecule has 2 atom stereocenters. The molecule has 0 radical (unpaired) electrons. The summed E-state index contributed by atoms with van der Waals surface area (Å²) < 4.78 is 10.7. The van der Waals surface area contributed by atoms with Crippen molar-refractivity contribution in [1.29, 1.82) is 0 Å². The highest BCUT2D eigenvalue weighted by Gasteiger charge is 2.58. The van der Waals surface area contributed by atoms with Crippen molar-refractivity contribution in [3.05, 3.63) is 107 Å². The third kappa shape index (κ3) is 3.39. The monoisotopic (exact) mass is 504 g/mol. The molecule has 0 saturated carbocycles. The summed E-state index contributed by atoms with van der Waals surface area (Å²) in [5.41, 5.74) is 6.28. The third-order valence-corrected chi connectivity index (χ3v) is 9.41. The number of aryl methyl sites for hydroxylation is 2. The Labute approximate surface area is 224 Å². The summed E-state index contributed by atoms with van der Waals surface area (Å²) in [7, 11) is 0. The molecule has 0 amide bonds. The topological polar surface area (TPSA) is 38.0 Å². The van der Waals surface area contributed by atoms with Gasteiger partial charge < -0.3 is 4.42 Å². The standard InChI is InChI=1S/C34H36N2O2/c1-5-33(4)27-17-11-19-29-30(27)31-26(32(37)38-29)16-12-23-36(31)34(33,6-2)20-13-22-35-21-10-9-18-28(35)25-15-8-7-14-24(25)3/h7-12,14-19,21,23H,5-6,13,20,22H2,1-4H3/q+2. The minimum Gasteiger partial charge on any atom is -0.422 e. The molecule has 3 aromatic heterocycles. The van der Waals surface area contributed by atoms with Crippen LogP contribution in [0.1, 0.15) is 57.6 Å². The Hall–Kier alpha value is -3.79. The van der Waals surface area contributed by atoms with E-state index in [0.29, 0.717) is 11.0 Å². The second-order valence-corrected chi connectivity index (χ2v) is 11.0. The average Bonchev–Trinajstić information content (AvgIpc) is 2.95. The van der Waals surface area contributed by atoms with Crippen LogP contribution in [0.25, 0.3) is 33.1 Å². The van der Waals surface area contributed by atoms with Gasteiger partial charge in [-0.2, -0.15) is 9.13 Å². The zero-order valence-electron chi connectivity index (χ0n) is 22.8. The van der Waals surface area contributed by atoms with Gasteiger partial charge in [0.25, 0.3) is 0 Å². The molecular weight excluding hydrogens is 468 g/mol. The summed E-state index contributed by atoms with van der Waals surface area (Å²) in [6.07, 6.45) is 8.39. The maximum absolute atomic E-state index is 13.0. The van der Waals surface area contributed by atoms with E-state index in [4.69, 9.17) is 4.42 Å². The van der Waals surface area contributed by atoms with Crippen molar-refractivity contribution >= 4 is 21.9 Å². The highest BCUT2D eigenvalue weighted by atomic mass is 16.4. The molecule has 0 bridgehead atoms. The normalized spacial score (nSPS) is 20.4. The van der Waals surface area contributed by atoms with Crippen LogP contribution in [-0.4, -0.2) is 0 Å². The maximum Gasteiger partial charge on any atom is 0.350 e. The van der Waals surface area contributed by atoms with Gasteiger partial charge in [0, 0.05) is 43.0 Å². The fourth-order valence-corrected chi connectivity index (χ4v) is 7.25. The Morgan fingerprint density at radius 2 is 1.68 bits per heavy atom. The first-order chi connectivity index (χ1) is 18.4. The predicted molar refractivity (Wildman–Crippen MR) is 152 cm³/mol. The van der Waals surface area contributed by atoms with Gasteiger partial charge in [0.05, 0.1) is 10.8 Å². The fraction of sp³-hybridized carbons (Fsp3) is 0.324. The number of rotatable bonds is 7. The highest BCUT2D eigenvalue weighted by Crippen LogP contribution is 2.51. The van der Waals surface area contributed by atoms with Crippen LogP contribution in [-0.2, 0) is 17.5 Å². The van der Waals surface area contributed by atoms with E-state index in [2.05, 4.69) is 97.8 Å². The molecule has 4 heteroatoms. The van der Waals surface area contributed by atoms with Crippen LogP contribution < -0.4 is 14.8 Å². The average molecular weight is 505 g/mol. The number of pyridine rings is 2. The van der Waals surface area contributed by atoms with E-state index < -0.39 is 0 Å². The van der Waals surface area contributed by atoms with Crippen molar-refractivity contribution in [3.63, 3.8) is 0 Å². The fourth-order valence-electron chi connectivity index (χ4n) is 7.25. The molecule has 6 rings (SSSR count). The zero-order valence-corrected chi connectivity index (χ0v) is 22.8. The van der Waals surface area contributed by atoms with Gasteiger partial charge in [-0.05, 0) is 55.7 Å². The largest absolute Gasteiger partial charge is 0.422 e. The molecular formula is C34H36N2O2+2. The molecule has 0 saturated heterocycles. The lowest BCUT2D eigenvalue weighted by atomic mass is 9.59. The van der Waals surface area contributed by atoms with Crippen LogP contribution in [0.15, 0.2) is 94.4 Å². The van der Waals surface area contributed by atoms with Crippen molar-refractivity contribution in [2.24, 2.45) is 0 Å². The van der Waals surface area contributed by atoms with Gasteiger partial charge in [-0.25, -0.2) is 4.79 Å². The Bertz CT molecular complexity index is 1740. The number of hydrogen-bond donors (Lipinski definition) is 0. The van der Waals surface area contributed by atoms with Gasteiger partial charge in [0.15, 0.2) is 17.9 Å². The van der Waals surface area contributed by atoms with Crippen LogP contribution in [0.5, 0.6) is 0 Å². The van der Waals surface area contributed by atoms with Crippen LogP contribution >= 0.6 is 0 Å². The van der Waals surface area contributed by atoms with E-state index in [0.717, 1.165) is 43.1 Å². The summed E-state index contributed by atoms with van der Waals surface area (Å²) in [6, 6.07) is 25.3. The summed E-state index contributed by atoms with van der Waals surface area (Å²) in [4.78, 5) is 13.0. The molecule has 0 N–H and O–H groups in total. The summed E-state index contributed by atoms with van der Waals surface area (Å²) >= 11 is 0. The number of benzene rings is 2. The minimum absolute atomic E-state index is 0.118. The van der Waals surface area contributed by atoms with E-state index >= 15 is 0 Å². The van der Waals surface area contributed by atoms with Crippen molar-refractivity contribution in [1.82, 2.24) is 0 Å². The lowest BCUT2D eigenvalue weighted by Gasteiger charge is -2.46. The van der Waals surface area contributed by atoms with Crippen LogP contribution in [0.3, 0.4) is 0 Å². The molecule has 5 aromatic rings. The number of hydrogen-bond acceptors (Lipinski definition) is 2. The molecule has 1 aliphatic heterocycles. The summed E-state index contributed by atoms with van der Waals surface area (Å²) in [5.74, 6) is 0. The summed E-state index contributed by atoms with van der Waals surface area (Å²) in [5, 5.41) is 1.76. The van der Waals surface area contributed by atoms with Crippen LogP contribution in [0.2, 0.25) is 0 Å². The quantitative estimate of drug-likeness (QED) is 0.139. The second kappa shape index (κ2) is 9.20. The lowest BCUT2D eigenvalue weighted by Crippen LogP contribution is -2.68. The van der Waals surface area contributed by atoms with E-state index in [-0.39, 0.29) is 16.6 Å². The molecule has 38 heavy (non-hydrogen) atoms. The molecule has 0 spiro atoms. The first kappa shape index (κ1) is 24.5. The SMILES string of the molecule is CCC1(C)c2cccc3oc(=O)c4ccc[n+](c4c23)C1(CC)CCC[n+]1ccccc1-c1ccccc1C. The van der Waals surface area contributed by atoms with Gasteiger partial charge in [-0.1, -0.05) is 44.2 Å². The van der Waals surface area contributed by atoms with Gasteiger partial charge in [-0.15, -0.1) is 0 Å². The van der Waals surface area contributed by atoms with E-state index in [1.165, 1.54) is 22.4 Å². The molecule has 0 aliphatic carbocycles. The van der Waals surface area contributed by atoms with Crippen molar-refractivity contribution in [2.75, 3.05) is 0 Å². The Balaban J connectivity index is 1.47. The van der Waals surface area contributed by atoms with Gasteiger partial charge >= 0.3 is 5.63 Å². The Kier molecular flexibility index (Phi) is 5.94. The molecule has 2 unspecified atom stereocenters. The molecule has 0 fully saturated rings. The second-order valence-electron chi connectivity index (χ2n) is 11.0. The molecule has 4 heterocycles. The van der Waals surface area contributed by atoms with Crippen LogP contribution in [0.4, 0.5) is 0 Å². The Morgan fingerprint density at radius 3 is 2.47 bits per heavy atom. The van der Waals surface area contributed by atoms with Gasteiger partial charge in [0.1, 0.15) is 17.5 Å². The van der Waals surface area contributed by atoms with Gasteiger partial charge in [0.2, 0.25) is 11.2 Å². The summed E-state index contributed by atoms with van der Waals surface area (Å²) in [6.45, 7) is 10.1. The first-order valence-electron chi connectivity index (χ1n) is 13.9. The smallest absolute Gasteiger partial charge is 0.350 e. The van der Waals surface area contributed by atoms with Crippen molar-refractivity contribution in [2.45, 2.75) is 70.9 Å². The van der Waals surface area contributed by atoms with E-state index in [1.54, 1.807) is 0 Å². The van der Waals surface area contributed by atoms with E-state index in [9.17, 15) is 4.79 Å².